The number of rotatable bonds is 12. The third-order valence-electron chi connectivity index (χ3n) is 7.16. The summed E-state index contributed by atoms with van der Waals surface area (Å²) in [7, 11) is -10.4. The summed E-state index contributed by atoms with van der Waals surface area (Å²) in [6, 6.07) is 6.64. The van der Waals surface area contributed by atoms with Crippen LogP contribution in [0, 0.1) is 5.92 Å². The van der Waals surface area contributed by atoms with Crippen molar-refractivity contribution in [2.75, 3.05) is 32.0 Å². The van der Waals surface area contributed by atoms with E-state index in [2.05, 4.69) is 19.3 Å². The number of benzene rings is 1. The summed E-state index contributed by atoms with van der Waals surface area (Å²) >= 11 is 0. The molecule has 2 aliphatic heterocycles. The first-order chi connectivity index (χ1) is 20.7. The van der Waals surface area contributed by atoms with Crippen molar-refractivity contribution in [2.24, 2.45) is 11.7 Å². The highest BCUT2D eigenvalue weighted by atomic mass is 31.3. The topological polar surface area (TPSA) is 288 Å². The molecule has 0 radical (unpaired) electrons. The number of aliphatic hydroxyl groups is 3. The molecule has 2 saturated heterocycles. The number of hydrogen-bond donors (Lipinski definition) is 7. The van der Waals surface area contributed by atoms with Crippen LogP contribution in [-0.2, 0) is 33.8 Å². The molecule has 0 aliphatic carbocycles. The van der Waals surface area contributed by atoms with E-state index in [0.717, 1.165) is 5.56 Å². The number of anilines is 1. The fraction of sp³-hybridized carbons (Fsp3) is 0.478. The SMILES string of the molecule is NC(=O)c1cccc(CN2C[C@H](COP(=O)(O)OP(=O)(O)OC[C@H]3O[C@@H](n4cnc5c(N)ncnc54)[C@H](O)[C@@H]3O)[C@@H](O)C2)c1. The maximum atomic E-state index is 12.5. The van der Waals surface area contributed by atoms with Gasteiger partial charge in [-0.1, -0.05) is 12.1 Å². The maximum absolute atomic E-state index is 12.5. The number of phosphoric acid groups is 2. The number of nitrogens with zero attached hydrogens (tertiary/aromatic N) is 5. The third-order valence-corrected chi connectivity index (χ3v) is 9.76. The number of carbonyl (C=O) groups is 1. The second-order valence-electron chi connectivity index (χ2n) is 10.3. The molecule has 9 N–H and O–H groups in total. The molecule has 2 unspecified atom stereocenters. The van der Waals surface area contributed by atoms with Crippen LogP contribution in [0.1, 0.15) is 22.1 Å². The molecule has 21 heteroatoms. The lowest BCUT2D eigenvalue weighted by atomic mass is 10.1. The summed E-state index contributed by atoms with van der Waals surface area (Å²) in [5, 5.41) is 31.4. The first kappa shape index (κ1) is 32.5. The number of aromatic nitrogens is 4. The number of imidazole rings is 1. The quantitative estimate of drug-likeness (QED) is 0.113. The predicted octanol–water partition coefficient (Wildman–Crippen LogP) is -1.13. The molecule has 19 nitrogen and oxygen atoms in total. The van der Waals surface area contributed by atoms with Crippen LogP contribution in [0.15, 0.2) is 36.9 Å². The number of aliphatic hydroxyl groups excluding tert-OH is 3. The van der Waals surface area contributed by atoms with Gasteiger partial charge in [0.25, 0.3) is 0 Å². The summed E-state index contributed by atoms with van der Waals surface area (Å²) in [5.74, 6) is -1.16. The summed E-state index contributed by atoms with van der Waals surface area (Å²) in [6.45, 7) is -0.554. The van der Waals surface area contributed by atoms with Crippen LogP contribution in [0.5, 0.6) is 0 Å². The van der Waals surface area contributed by atoms with Crippen molar-refractivity contribution in [3.05, 3.63) is 48.0 Å². The third kappa shape index (κ3) is 7.31. The Morgan fingerprint density at radius 2 is 1.77 bits per heavy atom. The van der Waals surface area contributed by atoms with E-state index in [9.17, 15) is 39.0 Å². The lowest BCUT2D eigenvalue weighted by molar-refractivity contribution is -0.0504. The van der Waals surface area contributed by atoms with Gasteiger partial charge < -0.3 is 41.3 Å². The zero-order chi connectivity index (χ0) is 31.8. The van der Waals surface area contributed by atoms with Crippen molar-refractivity contribution in [2.45, 2.75) is 37.2 Å². The van der Waals surface area contributed by atoms with Crippen molar-refractivity contribution >= 4 is 38.5 Å². The van der Waals surface area contributed by atoms with Crippen molar-refractivity contribution in [3.63, 3.8) is 0 Å². The highest BCUT2D eigenvalue weighted by molar-refractivity contribution is 7.61. The Kier molecular flexibility index (Phi) is 9.48. The van der Waals surface area contributed by atoms with E-state index in [0.29, 0.717) is 12.1 Å². The van der Waals surface area contributed by atoms with Crippen LogP contribution >= 0.6 is 15.6 Å². The number of fused-ring (bicyclic) bond motifs is 1. The van der Waals surface area contributed by atoms with E-state index < -0.39 is 71.3 Å². The van der Waals surface area contributed by atoms with Crippen LogP contribution in [0.3, 0.4) is 0 Å². The number of amides is 1. The Labute approximate surface area is 249 Å². The number of primary amides is 1. The number of ether oxygens (including phenoxy) is 1. The Balaban J connectivity index is 1.12. The summed E-state index contributed by atoms with van der Waals surface area (Å²) in [6.07, 6.45) is -4.32. The standard InChI is InChI=1S/C23H31N7O12P2/c24-20-17-22(27-10-26-20)30(11-28-17)23-19(33)18(32)16(41-23)9-40-44(37,38)42-43(35,36)39-8-14-6-29(7-15(14)31)5-12-2-1-3-13(4-12)21(25)34/h1-4,10-11,14-16,18-19,23,31-33H,5-9H2,(H2,25,34)(H,35,36)(H,37,38)(H2,24,26,27)/t14-,15+,16-,18-,19-,23-/m1/s1. The van der Waals surface area contributed by atoms with Gasteiger partial charge in [-0.3, -0.25) is 23.3 Å². The van der Waals surface area contributed by atoms with Gasteiger partial charge in [0.2, 0.25) is 5.91 Å². The minimum atomic E-state index is -5.26. The van der Waals surface area contributed by atoms with Crippen LogP contribution in [0.25, 0.3) is 11.2 Å². The Bertz CT molecular complexity index is 1610. The molecule has 2 aliphatic rings. The van der Waals surface area contributed by atoms with Gasteiger partial charge in [0.05, 0.1) is 25.6 Å². The number of likely N-dealkylation sites (tertiary alicyclic amines) is 1. The molecule has 2 aromatic heterocycles. The minimum absolute atomic E-state index is 0.0720. The van der Waals surface area contributed by atoms with E-state index in [1.54, 1.807) is 24.3 Å². The van der Waals surface area contributed by atoms with Crippen LogP contribution < -0.4 is 11.5 Å². The molecule has 2 fully saturated rings. The molecule has 1 aromatic carbocycles. The van der Waals surface area contributed by atoms with E-state index >= 15 is 0 Å². The summed E-state index contributed by atoms with van der Waals surface area (Å²) in [4.78, 5) is 45.3. The highest BCUT2D eigenvalue weighted by Gasteiger charge is 2.46. The fourth-order valence-corrected chi connectivity index (χ4v) is 7.14. The summed E-state index contributed by atoms with van der Waals surface area (Å²) < 4.78 is 45.8. The largest absolute Gasteiger partial charge is 0.481 e. The summed E-state index contributed by atoms with van der Waals surface area (Å²) in [5.41, 5.74) is 12.6. The van der Waals surface area contributed by atoms with Crippen molar-refractivity contribution in [1.82, 2.24) is 24.4 Å². The Hall–Kier alpha value is -2.90. The number of hydrogen-bond acceptors (Lipinski definition) is 15. The van der Waals surface area contributed by atoms with Crippen molar-refractivity contribution in [1.29, 1.82) is 0 Å². The average molecular weight is 659 g/mol. The number of nitrogen functional groups attached to an aromatic ring is 1. The van der Waals surface area contributed by atoms with Crippen molar-refractivity contribution < 1.29 is 57.1 Å². The van der Waals surface area contributed by atoms with Crippen LogP contribution in [0.2, 0.25) is 0 Å². The van der Waals surface area contributed by atoms with Crippen LogP contribution in [0.4, 0.5) is 5.82 Å². The van der Waals surface area contributed by atoms with E-state index in [1.165, 1.54) is 17.2 Å². The molecular weight excluding hydrogens is 628 g/mol. The molecule has 0 bridgehead atoms. The highest BCUT2D eigenvalue weighted by Crippen LogP contribution is 2.60. The normalized spacial score (nSPS) is 28.7. The van der Waals surface area contributed by atoms with Crippen molar-refractivity contribution in [3.8, 4) is 0 Å². The maximum Gasteiger partial charge on any atom is 0.481 e. The molecule has 44 heavy (non-hydrogen) atoms. The molecule has 3 aromatic rings. The zero-order valence-corrected chi connectivity index (χ0v) is 24.6. The minimum Gasteiger partial charge on any atom is -0.391 e. The van der Waals surface area contributed by atoms with Gasteiger partial charge >= 0.3 is 15.6 Å². The van der Waals surface area contributed by atoms with Gasteiger partial charge in [-0.25, -0.2) is 24.1 Å². The lowest BCUT2D eigenvalue weighted by Gasteiger charge is -2.20. The molecule has 4 heterocycles. The van der Waals surface area contributed by atoms with Crippen LogP contribution in [-0.4, -0.2) is 106 Å². The second kappa shape index (κ2) is 12.8. The molecule has 1 amide bonds. The number of β-amino-alcohol motifs (C(OH)–C–C–N with tert-alkyl or cyclic N) is 1. The molecular formula is C23H31N7O12P2. The molecule has 240 valence electrons. The van der Waals surface area contributed by atoms with Gasteiger partial charge in [-0.15, -0.1) is 0 Å². The fourth-order valence-electron chi connectivity index (χ4n) is 5.00. The van der Waals surface area contributed by atoms with E-state index in [-0.39, 0.29) is 30.1 Å². The van der Waals surface area contributed by atoms with Gasteiger partial charge in [0.15, 0.2) is 17.7 Å². The van der Waals surface area contributed by atoms with Gasteiger partial charge in [-0.2, -0.15) is 4.31 Å². The monoisotopic (exact) mass is 659 g/mol. The molecule has 8 atom stereocenters. The molecule has 0 spiro atoms. The van der Waals surface area contributed by atoms with E-state index in [1.807, 2.05) is 4.90 Å². The Morgan fingerprint density at radius 1 is 1.05 bits per heavy atom. The van der Waals surface area contributed by atoms with E-state index in [4.69, 9.17) is 25.3 Å². The second-order valence-corrected chi connectivity index (χ2v) is 13.4. The van der Waals surface area contributed by atoms with Gasteiger partial charge in [-0.05, 0) is 17.7 Å². The first-order valence-corrected chi connectivity index (χ1v) is 16.1. The molecule has 5 rings (SSSR count). The van der Waals surface area contributed by atoms with Gasteiger partial charge in [0, 0.05) is 31.1 Å². The van der Waals surface area contributed by atoms with Gasteiger partial charge in [0.1, 0.15) is 30.2 Å². The first-order valence-electron chi connectivity index (χ1n) is 13.1. The average Bonchev–Trinajstić information content (AvgIpc) is 3.62. The lowest BCUT2D eigenvalue weighted by Crippen LogP contribution is -2.33. The predicted molar refractivity (Wildman–Crippen MR) is 148 cm³/mol. The Morgan fingerprint density at radius 3 is 2.50 bits per heavy atom. The zero-order valence-electron chi connectivity index (χ0n) is 22.8. The number of phosphoric ester groups is 2. The molecule has 0 saturated carbocycles. The smallest absolute Gasteiger partial charge is 0.391 e. The number of nitrogens with two attached hydrogens (primary N) is 2. The number of carbonyl (C=O) groups excluding carboxylic acids is 1.